The molecule has 4 N–H and O–H groups in total. The minimum absolute atomic E-state index is 0.0579. The summed E-state index contributed by atoms with van der Waals surface area (Å²) in [7, 11) is 0. The Labute approximate surface area is 91.2 Å². The lowest BCUT2D eigenvalue weighted by atomic mass is 9.79. The number of rotatable bonds is 4. The van der Waals surface area contributed by atoms with Crippen LogP contribution >= 0.6 is 0 Å². The number of aliphatic hydroxyl groups is 1. The number of nitrogens with one attached hydrogen (secondary N) is 1. The van der Waals surface area contributed by atoms with E-state index in [0.29, 0.717) is 19.0 Å². The van der Waals surface area contributed by atoms with Crippen molar-refractivity contribution in [1.82, 2.24) is 5.32 Å². The molecule has 88 valence electrons. The minimum atomic E-state index is -0.478. The molecule has 0 heterocycles. The molecule has 0 aliphatic heterocycles. The van der Waals surface area contributed by atoms with Crippen LogP contribution in [-0.4, -0.2) is 30.2 Å². The fraction of sp³-hybridized carbons (Fsp3) is 0.909. The van der Waals surface area contributed by atoms with E-state index in [1.165, 1.54) is 6.42 Å². The third-order valence-electron chi connectivity index (χ3n) is 3.12. The van der Waals surface area contributed by atoms with Crippen LogP contribution in [0.2, 0.25) is 0 Å². The molecular formula is C11H22N2O2. The van der Waals surface area contributed by atoms with Crippen molar-refractivity contribution in [1.29, 1.82) is 0 Å². The number of amides is 1. The van der Waals surface area contributed by atoms with Gasteiger partial charge in [-0.1, -0.05) is 12.8 Å². The summed E-state index contributed by atoms with van der Waals surface area (Å²) < 4.78 is 0. The van der Waals surface area contributed by atoms with Crippen molar-refractivity contribution < 1.29 is 9.90 Å². The summed E-state index contributed by atoms with van der Waals surface area (Å²) in [5.41, 5.74) is 5.66. The molecule has 2 unspecified atom stereocenters. The van der Waals surface area contributed by atoms with Gasteiger partial charge in [0.25, 0.3) is 0 Å². The molecule has 0 spiro atoms. The third kappa shape index (κ3) is 3.80. The van der Waals surface area contributed by atoms with Crippen LogP contribution in [-0.2, 0) is 4.79 Å². The maximum Gasteiger partial charge on any atom is 0.223 e. The average molecular weight is 214 g/mol. The second kappa shape index (κ2) is 6.08. The van der Waals surface area contributed by atoms with Gasteiger partial charge >= 0.3 is 0 Å². The molecule has 0 saturated heterocycles. The summed E-state index contributed by atoms with van der Waals surface area (Å²) >= 11 is 0. The molecule has 1 aliphatic rings. The van der Waals surface area contributed by atoms with Crippen molar-refractivity contribution in [2.24, 2.45) is 17.6 Å². The van der Waals surface area contributed by atoms with Crippen LogP contribution in [0, 0.1) is 11.8 Å². The molecule has 1 amide bonds. The van der Waals surface area contributed by atoms with Crippen molar-refractivity contribution in [3.8, 4) is 0 Å². The molecule has 1 aliphatic carbocycles. The fourth-order valence-electron chi connectivity index (χ4n) is 2.21. The zero-order chi connectivity index (χ0) is 11.3. The Bertz CT molecular complexity index is 207. The molecule has 4 nitrogen and oxygen atoms in total. The van der Waals surface area contributed by atoms with E-state index in [2.05, 4.69) is 5.32 Å². The Morgan fingerprint density at radius 2 is 2.20 bits per heavy atom. The standard InChI is InChI=1S/C11H22N2O2/c1-8(14)7-13-11(15)10-5-3-2-4-9(10)6-12/h8-10,14H,2-7,12H2,1H3,(H,13,15)/t8-,9?,10?/m1/s1. The Kier molecular flexibility index (Phi) is 5.05. The van der Waals surface area contributed by atoms with Crippen molar-refractivity contribution >= 4 is 5.91 Å². The summed E-state index contributed by atoms with van der Waals surface area (Å²) in [6.07, 6.45) is 3.82. The van der Waals surface area contributed by atoms with Crippen LogP contribution < -0.4 is 11.1 Å². The number of hydrogen-bond acceptors (Lipinski definition) is 3. The monoisotopic (exact) mass is 214 g/mol. The van der Waals surface area contributed by atoms with Gasteiger partial charge in [0, 0.05) is 12.5 Å². The first-order chi connectivity index (χ1) is 7.15. The number of carbonyl (C=O) groups is 1. The van der Waals surface area contributed by atoms with Crippen LogP contribution in [0.5, 0.6) is 0 Å². The first-order valence-corrected chi connectivity index (χ1v) is 5.81. The Morgan fingerprint density at radius 3 is 2.80 bits per heavy atom. The summed E-state index contributed by atoms with van der Waals surface area (Å²) in [5.74, 6) is 0.446. The quantitative estimate of drug-likeness (QED) is 0.628. The van der Waals surface area contributed by atoms with E-state index >= 15 is 0 Å². The second-order valence-corrected chi connectivity index (χ2v) is 4.48. The van der Waals surface area contributed by atoms with Crippen molar-refractivity contribution in [3.05, 3.63) is 0 Å². The number of aliphatic hydroxyl groups excluding tert-OH is 1. The summed E-state index contributed by atoms with van der Waals surface area (Å²) in [6, 6.07) is 0. The summed E-state index contributed by atoms with van der Waals surface area (Å²) in [6.45, 7) is 2.60. The molecule has 0 aromatic rings. The van der Waals surface area contributed by atoms with Crippen molar-refractivity contribution in [3.63, 3.8) is 0 Å². The van der Waals surface area contributed by atoms with Gasteiger partial charge in [0.2, 0.25) is 5.91 Å². The predicted molar refractivity (Wildman–Crippen MR) is 59.2 cm³/mol. The van der Waals surface area contributed by atoms with E-state index in [-0.39, 0.29) is 11.8 Å². The van der Waals surface area contributed by atoms with Crippen LogP contribution in [0.25, 0.3) is 0 Å². The SMILES string of the molecule is C[C@@H](O)CNC(=O)C1CCCCC1CN. The van der Waals surface area contributed by atoms with Gasteiger partial charge in [-0.25, -0.2) is 0 Å². The summed E-state index contributed by atoms with van der Waals surface area (Å²) in [4.78, 5) is 11.8. The smallest absolute Gasteiger partial charge is 0.223 e. The lowest BCUT2D eigenvalue weighted by molar-refractivity contribution is -0.128. The molecule has 0 bridgehead atoms. The lowest BCUT2D eigenvalue weighted by Gasteiger charge is -2.29. The molecule has 4 heteroatoms. The molecule has 1 saturated carbocycles. The Hall–Kier alpha value is -0.610. The Morgan fingerprint density at radius 1 is 1.53 bits per heavy atom. The van der Waals surface area contributed by atoms with E-state index in [1.807, 2.05) is 0 Å². The highest BCUT2D eigenvalue weighted by Gasteiger charge is 2.29. The first kappa shape index (κ1) is 12.5. The number of nitrogens with two attached hydrogens (primary N) is 1. The van der Waals surface area contributed by atoms with Crippen molar-refractivity contribution in [2.45, 2.75) is 38.7 Å². The third-order valence-corrected chi connectivity index (χ3v) is 3.12. The molecule has 15 heavy (non-hydrogen) atoms. The highest BCUT2D eigenvalue weighted by atomic mass is 16.3. The van der Waals surface area contributed by atoms with Gasteiger partial charge in [-0.3, -0.25) is 4.79 Å². The molecule has 1 fully saturated rings. The fourth-order valence-corrected chi connectivity index (χ4v) is 2.21. The molecule has 0 radical (unpaired) electrons. The normalized spacial score (nSPS) is 28.5. The topological polar surface area (TPSA) is 75.3 Å². The van der Waals surface area contributed by atoms with Crippen molar-refractivity contribution in [2.75, 3.05) is 13.1 Å². The van der Waals surface area contributed by atoms with Gasteiger partial charge < -0.3 is 16.2 Å². The van der Waals surface area contributed by atoms with Gasteiger partial charge in [0.1, 0.15) is 0 Å². The minimum Gasteiger partial charge on any atom is -0.392 e. The maximum atomic E-state index is 11.8. The van der Waals surface area contributed by atoms with Crippen LogP contribution in [0.15, 0.2) is 0 Å². The zero-order valence-electron chi connectivity index (χ0n) is 9.41. The molecule has 0 aromatic heterocycles. The lowest BCUT2D eigenvalue weighted by Crippen LogP contribution is -2.41. The van der Waals surface area contributed by atoms with E-state index in [9.17, 15) is 4.79 Å². The van der Waals surface area contributed by atoms with Gasteiger partial charge in [-0.05, 0) is 32.2 Å². The molecule has 0 aromatic carbocycles. The number of hydrogen-bond donors (Lipinski definition) is 3. The summed E-state index contributed by atoms with van der Waals surface area (Å²) in [5, 5.41) is 11.9. The molecule has 1 rings (SSSR count). The van der Waals surface area contributed by atoms with E-state index < -0.39 is 6.10 Å². The van der Waals surface area contributed by atoms with E-state index in [0.717, 1.165) is 19.3 Å². The highest BCUT2D eigenvalue weighted by molar-refractivity contribution is 5.79. The van der Waals surface area contributed by atoms with Crippen LogP contribution in [0.1, 0.15) is 32.6 Å². The van der Waals surface area contributed by atoms with E-state index in [1.54, 1.807) is 6.92 Å². The van der Waals surface area contributed by atoms with Gasteiger partial charge in [0.15, 0.2) is 0 Å². The molecular weight excluding hydrogens is 192 g/mol. The van der Waals surface area contributed by atoms with E-state index in [4.69, 9.17) is 10.8 Å². The molecule has 3 atom stereocenters. The zero-order valence-corrected chi connectivity index (χ0v) is 9.41. The van der Waals surface area contributed by atoms with Crippen LogP contribution in [0.4, 0.5) is 0 Å². The Balaban J connectivity index is 2.41. The first-order valence-electron chi connectivity index (χ1n) is 5.81. The van der Waals surface area contributed by atoms with Crippen LogP contribution in [0.3, 0.4) is 0 Å². The largest absolute Gasteiger partial charge is 0.392 e. The van der Waals surface area contributed by atoms with Gasteiger partial charge in [-0.15, -0.1) is 0 Å². The number of carbonyl (C=O) groups excluding carboxylic acids is 1. The van der Waals surface area contributed by atoms with Gasteiger partial charge in [-0.2, -0.15) is 0 Å². The maximum absolute atomic E-state index is 11.8. The highest BCUT2D eigenvalue weighted by Crippen LogP contribution is 2.29. The average Bonchev–Trinajstić information content (AvgIpc) is 2.25. The second-order valence-electron chi connectivity index (χ2n) is 4.48. The van der Waals surface area contributed by atoms with Gasteiger partial charge in [0.05, 0.1) is 6.10 Å². The predicted octanol–water partition coefficient (Wildman–Crippen LogP) is 0.249.